The van der Waals surface area contributed by atoms with Gasteiger partial charge in [-0.05, 0) is 44.2 Å². The molecule has 0 fully saturated rings. The summed E-state index contributed by atoms with van der Waals surface area (Å²) in [5.41, 5.74) is 7.42. The van der Waals surface area contributed by atoms with E-state index in [2.05, 4.69) is 14.7 Å². The number of nitrogens with one attached hydrogen (secondary N) is 1. The first-order valence-corrected chi connectivity index (χ1v) is 7.06. The van der Waals surface area contributed by atoms with E-state index in [9.17, 15) is 8.42 Å². The van der Waals surface area contributed by atoms with Crippen LogP contribution in [0, 0.1) is 13.8 Å². The molecule has 0 radical (unpaired) electrons. The van der Waals surface area contributed by atoms with Crippen molar-refractivity contribution in [3.8, 4) is 0 Å². The van der Waals surface area contributed by atoms with Crippen molar-refractivity contribution in [3.63, 3.8) is 0 Å². The molecule has 0 unspecified atom stereocenters. The van der Waals surface area contributed by atoms with Gasteiger partial charge in [-0.25, -0.2) is 23.1 Å². The Labute approximate surface area is 141 Å². The van der Waals surface area contributed by atoms with E-state index in [1.54, 1.807) is 19.9 Å². The molecule has 0 amide bonds. The smallest absolute Gasteiger partial charge is 1.00 e. The monoisotopic (exact) mass is 302 g/mol. The van der Waals surface area contributed by atoms with E-state index in [1.807, 2.05) is 0 Å². The van der Waals surface area contributed by atoms with Crippen LogP contribution in [-0.4, -0.2) is 18.4 Å². The van der Waals surface area contributed by atoms with Crippen LogP contribution in [0.3, 0.4) is 0 Å². The van der Waals surface area contributed by atoms with Crippen LogP contribution < -0.4 is 40.0 Å². The average Bonchev–Trinajstić information content (AvgIpc) is 2.27. The van der Waals surface area contributed by atoms with Crippen molar-refractivity contribution < 1.29 is 39.4 Å². The first-order valence-electron chi connectivity index (χ1n) is 5.57. The van der Waals surface area contributed by atoms with Crippen LogP contribution in [0.15, 0.2) is 35.2 Å². The topological polar surface area (TPSA) is 98.0 Å². The van der Waals surface area contributed by atoms with Gasteiger partial charge in [0.2, 0.25) is 5.95 Å². The molecular formula is C12H15N4NaO2S. The van der Waals surface area contributed by atoms with Gasteiger partial charge in [0.05, 0.1) is 4.90 Å². The van der Waals surface area contributed by atoms with Gasteiger partial charge in [-0.15, -0.1) is 0 Å². The van der Waals surface area contributed by atoms with Gasteiger partial charge in [0.1, 0.15) is 0 Å². The number of nitrogens with zero attached hydrogens (tertiary/aromatic N) is 2. The minimum Gasteiger partial charge on any atom is -1.00 e. The molecule has 0 aliphatic rings. The van der Waals surface area contributed by atoms with Crippen LogP contribution >= 0.6 is 0 Å². The first-order chi connectivity index (χ1) is 8.87. The van der Waals surface area contributed by atoms with Crippen molar-refractivity contribution in [1.29, 1.82) is 0 Å². The number of nitrogen functional groups attached to an aromatic ring is 1. The van der Waals surface area contributed by atoms with E-state index in [-0.39, 0.29) is 41.8 Å². The van der Waals surface area contributed by atoms with E-state index in [0.29, 0.717) is 17.1 Å². The number of nitrogens with two attached hydrogens (primary N) is 1. The molecule has 1 aromatic heterocycles. The Balaban J connectivity index is 0.00000200. The van der Waals surface area contributed by atoms with Crippen LogP contribution in [0.5, 0.6) is 0 Å². The molecule has 0 atom stereocenters. The van der Waals surface area contributed by atoms with E-state index in [1.165, 1.54) is 24.3 Å². The van der Waals surface area contributed by atoms with Gasteiger partial charge in [-0.3, -0.25) is 0 Å². The zero-order valence-corrected chi connectivity index (χ0v) is 14.4. The molecule has 2 aromatic rings. The molecule has 102 valence electrons. The van der Waals surface area contributed by atoms with Gasteiger partial charge in [0.25, 0.3) is 10.0 Å². The zero-order valence-electron chi connectivity index (χ0n) is 12.6. The van der Waals surface area contributed by atoms with Gasteiger partial charge in [-0.2, -0.15) is 0 Å². The van der Waals surface area contributed by atoms with Gasteiger partial charge in [0, 0.05) is 17.1 Å². The predicted molar refractivity (Wildman–Crippen MR) is 74.3 cm³/mol. The minimum absolute atomic E-state index is 0. The Morgan fingerprint density at radius 2 is 1.60 bits per heavy atom. The van der Waals surface area contributed by atoms with Crippen molar-refractivity contribution in [2.45, 2.75) is 18.7 Å². The summed E-state index contributed by atoms with van der Waals surface area (Å²) in [5, 5.41) is 0. The summed E-state index contributed by atoms with van der Waals surface area (Å²) in [6, 6.07) is 7.68. The van der Waals surface area contributed by atoms with Crippen molar-refractivity contribution in [2.24, 2.45) is 0 Å². The molecule has 3 N–H and O–H groups in total. The second-order valence-electron chi connectivity index (χ2n) is 4.15. The number of rotatable bonds is 3. The second kappa shape index (κ2) is 6.53. The summed E-state index contributed by atoms with van der Waals surface area (Å²) in [4.78, 5) is 8.19. The van der Waals surface area contributed by atoms with Crippen molar-refractivity contribution in [1.82, 2.24) is 9.97 Å². The quantitative estimate of drug-likeness (QED) is 0.536. The van der Waals surface area contributed by atoms with E-state index in [4.69, 9.17) is 5.73 Å². The van der Waals surface area contributed by atoms with E-state index < -0.39 is 10.0 Å². The van der Waals surface area contributed by atoms with Crippen LogP contribution in [0.4, 0.5) is 11.6 Å². The molecule has 20 heavy (non-hydrogen) atoms. The van der Waals surface area contributed by atoms with Crippen LogP contribution in [0.2, 0.25) is 0 Å². The third kappa shape index (κ3) is 4.17. The summed E-state index contributed by atoms with van der Waals surface area (Å²) in [7, 11) is -3.69. The normalized spacial score (nSPS) is 10.7. The maximum absolute atomic E-state index is 12.1. The maximum Gasteiger partial charge on any atom is 1.00 e. The summed E-state index contributed by atoms with van der Waals surface area (Å²) in [6.07, 6.45) is 0. The first kappa shape index (κ1) is 16.9. The van der Waals surface area contributed by atoms with E-state index >= 15 is 0 Å². The van der Waals surface area contributed by atoms with Crippen molar-refractivity contribution >= 4 is 21.7 Å². The van der Waals surface area contributed by atoms with Gasteiger partial charge < -0.3 is 7.16 Å². The Morgan fingerprint density at radius 3 is 2.10 bits per heavy atom. The molecule has 0 saturated carbocycles. The van der Waals surface area contributed by atoms with Crippen molar-refractivity contribution in [2.75, 3.05) is 10.5 Å². The minimum atomic E-state index is -3.69. The third-order valence-corrected chi connectivity index (χ3v) is 3.74. The number of sulfonamides is 1. The SMILES string of the molecule is Cc1cc(C)nc(NS(=O)(=O)c2ccc(N)cc2)n1.[H-].[Na+]. The summed E-state index contributed by atoms with van der Waals surface area (Å²) >= 11 is 0. The Bertz CT molecular complexity index is 687. The molecule has 8 heteroatoms. The molecule has 1 heterocycles. The van der Waals surface area contributed by atoms with Crippen LogP contribution in [-0.2, 0) is 10.0 Å². The van der Waals surface area contributed by atoms with Crippen molar-refractivity contribution in [3.05, 3.63) is 41.7 Å². The predicted octanol–water partition coefficient (Wildman–Crippen LogP) is -1.41. The molecular weight excluding hydrogens is 287 g/mol. The number of benzene rings is 1. The third-order valence-electron chi connectivity index (χ3n) is 2.40. The molecule has 0 bridgehead atoms. The molecule has 0 aliphatic carbocycles. The molecule has 6 nitrogen and oxygen atoms in total. The van der Waals surface area contributed by atoms with Gasteiger partial charge >= 0.3 is 29.6 Å². The summed E-state index contributed by atoms with van der Waals surface area (Å²) in [5.74, 6) is 0.0642. The number of aryl methyl sites for hydroxylation is 2. The van der Waals surface area contributed by atoms with Crippen LogP contribution in [0.1, 0.15) is 12.8 Å². The Kier molecular flexibility index (Phi) is 5.52. The number of hydrogen-bond donors (Lipinski definition) is 2. The number of hydrogen-bond acceptors (Lipinski definition) is 5. The van der Waals surface area contributed by atoms with Crippen LogP contribution in [0.25, 0.3) is 0 Å². The fourth-order valence-corrected chi connectivity index (χ4v) is 2.54. The molecule has 2 rings (SSSR count). The fourth-order valence-electron chi connectivity index (χ4n) is 1.60. The average molecular weight is 302 g/mol. The summed E-state index contributed by atoms with van der Waals surface area (Å²) < 4.78 is 26.6. The number of aromatic nitrogens is 2. The summed E-state index contributed by atoms with van der Waals surface area (Å²) in [6.45, 7) is 3.55. The van der Waals surface area contributed by atoms with E-state index in [0.717, 1.165) is 0 Å². The maximum atomic E-state index is 12.1. The zero-order chi connectivity index (χ0) is 14.0. The standard InChI is InChI=1S/C12H14N4O2S.Na.H/c1-8-7-9(2)15-12(14-8)16-19(17,18)11-5-3-10(13)4-6-11;;/h3-7H,13H2,1-2H3,(H,14,15,16);;/q;+1;-1. The molecule has 0 spiro atoms. The number of anilines is 2. The molecule has 1 aromatic carbocycles. The van der Waals surface area contributed by atoms with Gasteiger partial charge in [-0.1, -0.05) is 0 Å². The largest absolute Gasteiger partial charge is 1.00 e. The van der Waals surface area contributed by atoms with Gasteiger partial charge in [0.15, 0.2) is 0 Å². The fraction of sp³-hybridized carbons (Fsp3) is 0.167. The Hall–Kier alpha value is -1.15. The molecule has 0 aliphatic heterocycles. The Morgan fingerprint density at radius 1 is 1.10 bits per heavy atom. The molecule has 0 saturated heterocycles. The second-order valence-corrected chi connectivity index (χ2v) is 5.83.